The van der Waals surface area contributed by atoms with Gasteiger partial charge in [0.25, 0.3) is 0 Å². The van der Waals surface area contributed by atoms with Gasteiger partial charge in [0.15, 0.2) is 0 Å². The number of hydrogen-bond donors (Lipinski definition) is 0. The highest BCUT2D eigenvalue weighted by atomic mass is 35.5. The topological polar surface area (TPSA) is 34.1 Å². The van der Waals surface area contributed by atoms with E-state index in [0.717, 1.165) is 18.4 Å². The molecule has 0 radical (unpaired) electrons. The fourth-order valence-corrected chi connectivity index (χ4v) is 3.11. The number of benzene rings is 1. The molecule has 18 heavy (non-hydrogen) atoms. The van der Waals surface area contributed by atoms with Crippen LogP contribution in [0.3, 0.4) is 0 Å². The molecule has 0 aliphatic rings. The fraction of sp³-hybridized carbons (Fsp3) is 0.455. The summed E-state index contributed by atoms with van der Waals surface area (Å²) in [7, 11) is -3.19. The van der Waals surface area contributed by atoms with Crippen molar-refractivity contribution in [3.8, 4) is 0 Å². The van der Waals surface area contributed by atoms with Crippen LogP contribution in [0.1, 0.15) is 11.1 Å². The Morgan fingerprint density at radius 2 is 1.72 bits per heavy atom. The molecule has 0 saturated carbocycles. The summed E-state index contributed by atoms with van der Waals surface area (Å²) in [6, 6.07) is 4.53. The first-order valence-electron chi connectivity index (χ1n) is 5.06. The summed E-state index contributed by atoms with van der Waals surface area (Å²) in [5, 5.41) is -0.642. The Morgan fingerprint density at radius 1 is 1.22 bits per heavy atom. The van der Waals surface area contributed by atoms with Crippen LogP contribution >= 0.6 is 11.6 Å². The van der Waals surface area contributed by atoms with Gasteiger partial charge in [0, 0.05) is 6.26 Å². The number of hydrogen-bond acceptors (Lipinski definition) is 2. The summed E-state index contributed by atoms with van der Waals surface area (Å²) in [5.74, 6) is -0.199. The van der Waals surface area contributed by atoms with Crippen molar-refractivity contribution >= 4 is 21.4 Å². The molecule has 1 atom stereocenters. The Morgan fingerprint density at radius 3 is 2.11 bits per heavy atom. The molecule has 1 aromatic rings. The molecular formula is C11H12ClF3O2S. The summed E-state index contributed by atoms with van der Waals surface area (Å²) in [5.41, 5.74) is -0.160. The number of sulfone groups is 1. The first-order chi connectivity index (χ1) is 8.08. The highest BCUT2D eigenvalue weighted by Crippen LogP contribution is 2.29. The normalized spacial score (nSPS) is 14.5. The highest BCUT2D eigenvalue weighted by Gasteiger charge is 2.30. The van der Waals surface area contributed by atoms with Gasteiger partial charge < -0.3 is 0 Å². The molecule has 0 amide bonds. The van der Waals surface area contributed by atoms with E-state index >= 15 is 0 Å². The molecule has 0 bridgehead atoms. The molecule has 0 spiro atoms. The number of halogens is 4. The number of rotatable bonds is 4. The maximum atomic E-state index is 12.3. The van der Waals surface area contributed by atoms with Gasteiger partial charge in [0.2, 0.25) is 0 Å². The third-order valence-electron chi connectivity index (χ3n) is 2.22. The SMILES string of the molecule is CS(=O)(=O)CC(Cl)Cc1ccc(C(F)(F)F)cc1. The molecular weight excluding hydrogens is 289 g/mol. The number of alkyl halides is 4. The Hall–Kier alpha value is -0.750. The average Bonchev–Trinajstić information content (AvgIpc) is 2.13. The predicted octanol–water partition coefficient (Wildman–Crippen LogP) is 2.90. The zero-order valence-electron chi connectivity index (χ0n) is 9.54. The lowest BCUT2D eigenvalue weighted by Crippen LogP contribution is -2.17. The van der Waals surface area contributed by atoms with Crippen molar-refractivity contribution in [2.45, 2.75) is 18.0 Å². The van der Waals surface area contributed by atoms with Crippen LogP contribution in [0.15, 0.2) is 24.3 Å². The van der Waals surface area contributed by atoms with E-state index < -0.39 is 27.0 Å². The van der Waals surface area contributed by atoms with Crippen molar-refractivity contribution in [1.82, 2.24) is 0 Å². The summed E-state index contributed by atoms with van der Waals surface area (Å²) in [6.45, 7) is 0. The molecule has 0 heterocycles. The standard InChI is InChI=1S/C11H12ClF3O2S/c1-18(16,17)7-10(12)6-8-2-4-9(5-3-8)11(13,14)15/h2-5,10H,6-7H2,1H3. The summed E-state index contributed by atoms with van der Waals surface area (Å²) in [6.07, 6.45) is -3.09. The van der Waals surface area contributed by atoms with E-state index in [4.69, 9.17) is 11.6 Å². The van der Waals surface area contributed by atoms with E-state index in [2.05, 4.69) is 0 Å². The minimum absolute atomic E-state index is 0.199. The quantitative estimate of drug-likeness (QED) is 0.801. The van der Waals surface area contributed by atoms with Crippen LogP contribution in [0, 0.1) is 0 Å². The van der Waals surface area contributed by atoms with Crippen molar-refractivity contribution in [3.05, 3.63) is 35.4 Å². The second-order valence-electron chi connectivity index (χ2n) is 4.09. The van der Waals surface area contributed by atoms with Crippen LogP contribution in [0.5, 0.6) is 0 Å². The zero-order valence-corrected chi connectivity index (χ0v) is 11.1. The molecule has 0 aliphatic carbocycles. The highest BCUT2D eigenvalue weighted by molar-refractivity contribution is 7.90. The van der Waals surface area contributed by atoms with Crippen LogP contribution in [-0.4, -0.2) is 25.8 Å². The summed E-state index contributed by atoms with van der Waals surface area (Å²) < 4.78 is 58.9. The second-order valence-corrected chi connectivity index (χ2v) is 6.89. The van der Waals surface area contributed by atoms with Gasteiger partial charge in [-0.2, -0.15) is 13.2 Å². The minimum atomic E-state index is -4.37. The van der Waals surface area contributed by atoms with E-state index in [-0.39, 0.29) is 12.2 Å². The smallest absolute Gasteiger partial charge is 0.229 e. The van der Waals surface area contributed by atoms with Gasteiger partial charge in [-0.15, -0.1) is 11.6 Å². The van der Waals surface area contributed by atoms with Gasteiger partial charge in [-0.05, 0) is 24.1 Å². The summed E-state index contributed by atoms with van der Waals surface area (Å²) in [4.78, 5) is 0. The van der Waals surface area contributed by atoms with E-state index in [9.17, 15) is 21.6 Å². The van der Waals surface area contributed by atoms with Crippen LogP contribution in [0.2, 0.25) is 0 Å². The molecule has 0 aromatic heterocycles. The lowest BCUT2D eigenvalue weighted by molar-refractivity contribution is -0.137. The van der Waals surface area contributed by atoms with Crippen molar-refractivity contribution in [2.75, 3.05) is 12.0 Å². The van der Waals surface area contributed by atoms with Crippen LogP contribution in [0.25, 0.3) is 0 Å². The Balaban J connectivity index is 2.70. The molecule has 102 valence electrons. The first-order valence-corrected chi connectivity index (χ1v) is 7.55. The molecule has 0 saturated heterocycles. The molecule has 0 aliphatic heterocycles. The molecule has 1 rings (SSSR count). The monoisotopic (exact) mass is 300 g/mol. The third-order valence-corrected chi connectivity index (χ3v) is 3.72. The van der Waals surface area contributed by atoms with Crippen LogP contribution in [-0.2, 0) is 22.4 Å². The van der Waals surface area contributed by atoms with Crippen molar-refractivity contribution in [1.29, 1.82) is 0 Å². The first kappa shape index (κ1) is 15.3. The lowest BCUT2D eigenvalue weighted by atomic mass is 10.1. The fourth-order valence-electron chi connectivity index (χ4n) is 1.47. The van der Waals surface area contributed by atoms with E-state index in [1.807, 2.05) is 0 Å². The maximum Gasteiger partial charge on any atom is 0.416 e. The Bertz CT molecular complexity index is 494. The molecule has 1 unspecified atom stereocenters. The van der Waals surface area contributed by atoms with E-state index in [1.54, 1.807) is 0 Å². The largest absolute Gasteiger partial charge is 0.416 e. The van der Waals surface area contributed by atoms with Gasteiger partial charge in [-0.3, -0.25) is 0 Å². The molecule has 2 nitrogen and oxygen atoms in total. The van der Waals surface area contributed by atoms with Gasteiger partial charge in [-0.25, -0.2) is 8.42 Å². The van der Waals surface area contributed by atoms with Crippen LogP contribution < -0.4 is 0 Å². The predicted molar refractivity (Wildman–Crippen MR) is 64.5 cm³/mol. The zero-order chi connectivity index (χ0) is 14.0. The van der Waals surface area contributed by atoms with Crippen molar-refractivity contribution in [3.63, 3.8) is 0 Å². The molecule has 0 fully saturated rings. The van der Waals surface area contributed by atoms with Crippen LogP contribution in [0.4, 0.5) is 13.2 Å². The Kier molecular flexibility index (Phi) is 4.66. The summed E-state index contributed by atoms with van der Waals surface area (Å²) >= 11 is 5.83. The van der Waals surface area contributed by atoms with Gasteiger partial charge >= 0.3 is 6.18 Å². The molecule has 0 N–H and O–H groups in total. The minimum Gasteiger partial charge on any atom is -0.229 e. The van der Waals surface area contributed by atoms with Gasteiger partial charge in [0.05, 0.1) is 16.7 Å². The maximum absolute atomic E-state index is 12.3. The lowest BCUT2D eigenvalue weighted by Gasteiger charge is -2.10. The second kappa shape index (κ2) is 5.48. The van der Waals surface area contributed by atoms with E-state index in [0.29, 0.717) is 5.56 Å². The third kappa shape index (κ3) is 5.27. The van der Waals surface area contributed by atoms with Gasteiger partial charge in [0.1, 0.15) is 9.84 Å². The van der Waals surface area contributed by atoms with Gasteiger partial charge in [-0.1, -0.05) is 12.1 Å². The molecule has 1 aromatic carbocycles. The molecule has 7 heteroatoms. The average molecular weight is 301 g/mol. The van der Waals surface area contributed by atoms with Crippen molar-refractivity contribution < 1.29 is 21.6 Å². The van der Waals surface area contributed by atoms with E-state index in [1.165, 1.54) is 12.1 Å². The Labute approximate surface area is 109 Å². The van der Waals surface area contributed by atoms with Crippen molar-refractivity contribution in [2.24, 2.45) is 0 Å².